The molecule has 0 aliphatic rings. The minimum atomic E-state index is -4.86. The van der Waals surface area contributed by atoms with Crippen molar-refractivity contribution in [2.45, 2.75) is 13.1 Å². The summed E-state index contributed by atoms with van der Waals surface area (Å²) in [6.07, 6.45) is -4.86. The number of carbonyl (C=O) groups is 1. The van der Waals surface area contributed by atoms with Crippen LogP contribution in [-0.4, -0.2) is 20.6 Å². The highest BCUT2D eigenvalue weighted by Crippen LogP contribution is 2.25. The summed E-state index contributed by atoms with van der Waals surface area (Å²) in [5.41, 5.74) is -3.90. The van der Waals surface area contributed by atoms with E-state index < -0.39 is 29.1 Å². The maximum absolute atomic E-state index is 12.5. The van der Waals surface area contributed by atoms with E-state index in [0.717, 1.165) is 6.07 Å². The Kier molecular flexibility index (Phi) is 3.65. The zero-order chi connectivity index (χ0) is 16.7. The molecule has 0 fully saturated rings. The highest BCUT2D eigenvalue weighted by molar-refractivity contribution is 5.90. The monoisotopic (exact) mass is 314 g/mol. The van der Waals surface area contributed by atoms with Crippen LogP contribution >= 0.6 is 0 Å². The van der Waals surface area contributed by atoms with Crippen LogP contribution in [0.1, 0.15) is 21.6 Å². The lowest BCUT2D eigenvalue weighted by Crippen LogP contribution is -2.35. The lowest BCUT2D eigenvalue weighted by atomic mass is 10.1. The van der Waals surface area contributed by atoms with Crippen LogP contribution in [0.3, 0.4) is 0 Å². The summed E-state index contributed by atoms with van der Waals surface area (Å²) >= 11 is 0. The van der Waals surface area contributed by atoms with Crippen LogP contribution < -0.4 is 11.2 Å². The Hall–Kier alpha value is -2.84. The smallest absolute Gasteiger partial charge is 0.431 e. The van der Waals surface area contributed by atoms with Crippen molar-refractivity contribution in [3.05, 3.63) is 61.9 Å². The summed E-state index contributed by atoms with van der Waals surface area (Å²) < 4.78 is 38.0. The van der Waals surface area contributed by atoms with Gasteiger partial charge in [-0.1, -0.05) is 6.07 Å². The number of aromatic amines is 1. The fourth-order valence-corrected chi connectivity index (χ4v) is 1.87. The number of aromatic carboxylic acids is 1. The van der Waals surface area contributed by atoms with Gasteiger partial charge < -0.3 is 10.1 Å². The molecule has 0 atom stereocenters. The molecule has 2 aromatic rings. The largest absolute Gasteiger partial charge is 0.478 e. The van der Waals surface area contributed by atoms with Gasteiger partial charge in [0.1, 0.15) is 5.69 Å². The van der Waals surface area contributed by atoms with Gasteiger partial charge in [-0.15, -0.1) is 0 Å². The Labute approximate surface area is 120 Å². The molecular formula is C13H9F3N2O4. The molecule has 0 bridgehead atoms. The number of hydrogen-bond acceptors (Lipinski definition) is 3. The normalized spacial score (nSPS) is 11.5. The Morgan fingerprint density at radius 1 is 1.23 bits per heavy atom. The SMILES string of the molecule is Cc1ccc(-n2c(=O)cc(C(F)(F)F)[nH]c2=O)cc1C(=O)O. The van der Waals surface area contributed by atoms with E-state index in [0.29, 0.717) is 10.1 Å². The Morgan fingerprint density at radius 2 is 1.86 bits per heavy atom. The Morgan fingerprint density at radius 3 is 2.36 bits per heavy atom. The third-order valence-electron chi connectivity index (χ3n) is 2.95. The predicted molar refractivity (Wildman–Crippen MR) is 69.4 cm³/mol. The van der Waals surface area contributed by atoms with E-state index in [4.69, 9.17) is 5.11 Å². The first-order chi connectivity index (χ1) is 10.1. The second kappa shape index (κ2) is 5.17. The number of alkyl halides is 3. The van der Waals surface area contributed by atoms with Gasteiger partial charge in [0.2, 0.25) is 0 Å². The van der Waals surface area contributed by atoms with Crippen LogP contribution in [0.15, 0.2) is 33.9 Å². The van der Waals surface area contributed by atoms with E-state index in [1.54, 1.807) is 4.98 Å². The molecule has 0 saturated heterocycles. The molecule has 0 radical (unpaired) electrons. The third-order valence-corrected chi connectivity index (χ3v) is 2.95. The van der Waals surface area contributed by atoms with E-state index in [2.05, 4.69) is 0 Å². The van der Waals surface area contributed by atoms with Gasteiger partial charge >= 0.3 is 17.8 Å². The summed E-state index contributed by atoms with van der Waals surface area (Å²) in [6.45, 7) is 1.51. The molecule has 0 saturated carbocycles. The van der Waals surface area contributed by atoms with Crippen molar-refractivity contribution >= 4 is 5.97 Å². The van der Waals surface area contributed by atoms with Gasteiger partial charge in [-0.2, -0.15) is 13.2 Å². The highest BCUT2D eigenvalue weighted by Gasteiger charge is 2.33. The number of H-pyrrole nitrogens is 1. The fourth-order valence-electron chi connectivity index (χ4n) is 1.87. The average molecular weight is 314 g/mol. The summed E-state index contributed by atoms with van der Waals surface area (Å²) in [6, 6.07) is 3.90. The number of carboxylic acids is 1. The van der Waals surface area contributed by atoms with Crippen molar-refractivity contribution in [3.8, 4) is 5.69 Å². The van der Waals surface area contributed by atoms with E-state index in [-0.39, 0.29) is 17.3 Å². The van der Waals surface area contributed by atoms with Crippen LogP contribution in [-0.2, 0) is 6.18 Å². The molecule has 2 N–H and O–H groups in total. The Balaban J connectivity index is 2.70. The van der Waals surface area contributed by atoms with Gasteiger partial charge in [-0.3, -0.25) is 4.79 Å². The number of nitrogens with zero attached hydrogens (tertiary/aromatic N) is 1. The van der Waals surface area contributed by atoms with E-state index in [1.165, 1.54) is 19.1 Å². The van der Waals surface area contributed by atoms with Crippen molar-refractivity contribution in [2.24, 2.45) is 0 Å². The van der Waals surface area contributed by atoms with Gasteiger partial charge in [-0.05, 0) is 24.6 Å². The number of nitrogens with one attached hydrogen (secondary N) is 1. The lowest BCUT2D eigenvalue weighted by molar-refractivity contribution is -0.141. The molecule has 116 valence electrons. The maximum Gasteiger partial charge on any atom is 0.431 e. The first kappa shape index (κ1) is 15.5. The topological polar surface area (TPSA) is 92.2 Å². The molecule has 0 spiro atoms. The second-order valence-corrected chi connectivity index (χ2v) is 4.46. The molecule has 1 heterocycles. The average Bonchev–Trinajstić information content (AvgIpc) is 2.38. The molecule has 1 aromatic heterocycles. The summed E-state index contributed by atoms with van der Waals surface area (Å²) in [7, 11) is 0. The standard InChI is InChI=1S/C13H9F3N2O4/c1-6-2-3-7(4-8(6)11(20)21)18-10(19)5-9(13(14,15)16)17-12(18)22/h2-5H,1H3,(H,17,22)(H,20,21). The minimum absolute atomic E-state index is 0.136. The number of hydrogen-bond donors (Lipinski definition) is 2. The second-order valence-electron chi connectivity index (χ2n) is 4.46. The number of benzene rings is 1. The molecule has 9 heteroatoms. The zero-order valence-corrected chi connectivity index (χ0v) is 11.1. The number of aromatic nitrogens is 2. The van der Waals surface area contributed by atoms with Crippen molar-refractivity contribution in [1.29, 1.82) is 0 Å². The minimum Gasteiger partial charge on any atom is -0.478 e. The first-order valence-electron chi connectivity index (χ1n) is 5.89. The van der Waals surface area contributed by atoms with Crippen LogP contribution in [0.5, 0.6) is 0 Å². The van der Waals surface area contributed by atoms with E-state index in [1.807, 2.05) is 0 Å². The predicted octanol–water partition coefficient (Wildman–Crippen LogP) is 1.55. The Bertz CT molecular complexity index is 834. The number of halogens is 3. The van der Waals surface area contributed by atoms with Crippen LogP contribution in [0.25, 0.3) is 5.69 Å². The van der Waals surface area contributed by atoms with Gasteiger partial charge in [0, 0.05) is 6.07 Å². The van der Waals surface area contributed by atoms with Crippen LogP contribution in [0.2, 0.25) is 0 Å². The lowest BCUT2D eigenvalue weighted by Gasteiger charge is -2.10. The van der Waals surface area contributed by atoms with Crippen molar-refractivity contribution in [1.82, 2.24) is 9.55 Å². The van der Waals surface area contributed by atoms with Gasteiger partial charge in [0.05, 0.1) is 11.3 Å². The first-order valence-corrected chi connectivity index (χ1v) is 5.89. The van der Waals surface area contributed by atoms with E-state index >= 15 is 0 Å². The molecule has 22 heavy (non-hydrogen) atoms. The molecule has 1 aromatic carbocycles. The van der Waals surface area contributed by atoms with Crippen LogP contribution in [0.4, 0.5) is 13.2 Å². The molecule has 6 nitrogen and oxygen atoms in total. The van der Waals surface area contributed by atoms with Gasteiger partial charge in [0.15, 0.2) is 0 Å². The van der Waals surface area contributed by atoms with Crippen LogP contribution in [0, 0.1) is 6.92 Å². The summed E-state index contributed by atoms with van der Waals surface area (Å²) in [5.74, 6) is -1.28. The molecular weight excluding hydrogens is 305 g/mol. The van der Waals surface area contributed by atoms with E-state index in [9.17, 15) is 27.6 Å². The highest BCUT2D eigenvalue weighted by atomic mass is 19.4. The van der Waals surface area contributed by atoms with Crippen molar-refractivity contribution in [3.63, 3.8) is 0 Å². The molecule has 0 aliphatic carbocycles. The van der Waals surface area contributed by atoms with Gasteiger partial charge in [-0.25, -0.2) is 14.2 Å². The zero-order valence-electron chi connectivity index (χ0n) is 11.1. The number of carboxylic acid groups (broad SMARTS) is 1. The summed E-state index contributed by atoms with van der Waals surface area (Å²) in [4.78, 5) is 36.1. The summed E-state index contributed by atoms with van der Waals surface area (Å²) in [5, 5.41) is 9.00. The molecule has 0 amide bonds. The fraction of sp³-hybridized carbons (Fsp3) is 0.154. The maximum atomic E-state index is 12.5. The van der Waals surface area contributed by atoms with Crippen molar-refractivity contribution < 1.29 is 23.1 Å². The molecule has 2 rings (SSSR count). The molecule has 0 unspecified atom stereocenters. The third kappa shape index (κ3) is 2.78. The number of rotatable bonds is 2. The quantitative estimate of drug-likeness (QED) is 0.879. The van der Waals surface area contributed by atoms with Gasteiger partial charge in [0.25, 0.3) is 5.56 Å². The molecule has 0 aliphatic heterocycles. The number of aryl methyl sites for hydroxylation is 1. The van der Waals surface area contributed by atoms with Crippen molar-refractivity contribution in [2.75, 3.05) is 0 Å².